The molecule has 1 aliphatic heterocycles. The minimum atomic E-state index is 0.498. The van der Waals surface area contributed by atoms with E-state index in [0.29, 0.717) is 11.8 Å². The predicted molar refractivity (Wildman–Crippen MR) is 74.9 cm³/mol. The van der Waals surface area contributed by atoms with Gasteiger partial charge >= 0.3 is 0 Å². The van der Waals surface area contributed by atoms with Crippen LogP contribution in [0.5, 0.6) is 5.75 Å². The lowest BCUT2D eigenvalue weighted by molar-refractivity contribution is 0.352. The van der Waals surface area contributed by atoms with Crippen molar-refractivity contribution in [1.29, 1.82) is 0 Å². The molecule has 1 heterocycles. The van der Waals surface area contributed by atoms with E-state index in [1.54, 1.807) is 0 Å². The Bertz CT molecular complexity index is 397. The van der Waals surface area contributed by atoms with Crippen LogP contribution in [0.25, 0.3) is 0 Å². The van der Waals surface area contributed by atoms with Crippen molar-refractivity contribution in [3.05, 3.63) is 27.7 Å². The van der Waals surface area contributed by atoms with E-state index in [0.717, 1.165) is 36.3 Å². The molecule has 0 radical (unpaired) electrons. The van der Waals surface area contributed by atoms with Crippen LogP contribution in [0.1, 0.15) is 18.1 Å². The van der Waals surface area contributed by atoms with Crippen LogP contribution < -0.4 is 10.1 Å². The van der Waals surface area contributed by atoms with Crippen LogP contribution in [-0.4, -0.2) is 19.0 Å². The van der Waals surface area contributed by atoms with Gasteiger partial charge in [0, 0.05) is 28.9 Å². The molecule has 2 nitrogen and oxygen atoms in total. The molecule has 1 unspecified atom stereocenters. The first kappa shape index (κ1) is 13.2. The van der Waals surface area contributed by atoms with Crippen molar-refractivity contribution in [2.75, 3.05) is 19.0 Å². The Morgan fingerprint density at radius 3 is 3.12 bits per heavy atom. The van der Waals surface area contributed by atoms with E-state index in [4.69, 9.17) is 16.3 Å². The van der Waals surface area contributed by atoms with Crippen LogP contribution in [0.4, 0.5) is 0 Å². The van der Waals surface area contributed by atoms with E-state index >= 15 is 0 Å². The van der Waals surface area contributed by atoms with Crippen molar-refractivity contribution < 1.29 is 4.74 Å². The van der Waals surface area contributed by atoms with Crippen LogP contribution in [0, 0.1) is 5.92 Å². The fourth-order valence-corrected chi connectivity index (χ4v) is 2.65. The average Bonchev–Trinajstić information content (AvgIpc) is 2.76. The molecule has 0 aliphatic carbocycles. The third kappa shape index (κ3) is 3.36. The molecule has 0 spiro atoms. The first-order valence-electron chi connectivity index (χ1n) is 5.91. The fraction of sp³-hybridized carbons (Fsp3) is 0.538. The first-order chi connectivity index (χ1) is 8.20. The maximum Gasteiger partial charge on any atom is 0.127 e. The average molecular weight is 319 g/mol. The molecule has 1 aliphatic rings. The summed E-state index contributed by atoms with van der Waals surface area (Å²) >= 11 is 9.33. The van der Waals surface area contributed by atoms with Crippen LogP contribution in [0.3, 0.4) is 0 Å². The maximum absolute atomic E-state index is 5.78. The van der Waals surface area contributed by atoms with Crippen molar-refractivity contribution in [3.8, 4) is 5.75 Å². The van der Waals surface area contributed by atoms with Gasteiger partial charge in [-0.3, -0.25) is 0 Å². The molecule has 94 valence electrons. The summed E-state index contributed by atoms with van der Waals surface area (Å²) in [6.45, 7) is 4.71. The molecular formula is C13H17BrClNO. The Balaban J connectivity index is 2.01. The molecule has 0 amide bonds. The summed E-state index contributed by atoms with van der Waals surface area (Å²) in [5, 5.41) is 3.42. The highest BCUT2D eigenvalue weighted by molar-refractivity contribution is 9.10. The van der Waals surface area contributed by atoms with Gasteiger partial charge in [-0.1, -0.05) is 22.9 Å². The van der Waals surface area contributed by atoms with Gasteiger partial charge in [-0.25, -0.2) is 0 Å². The van der Waals surface area contributed by atoms with Gasteiger partial charge in [0.1, 0.15) is 5.75 Å². The maximum atomic E-state index is 5.78. The molecule has 0 saturated carbocycles. The third-order valence-corrected chi connectivity index (χ3v) is 3.88. The number of alkyl halides is 1. The lowest BCUT2D eigenvalue weighted by atomic mass is 10.1. The molecule has 0 saturated heterocycles. The normalized spacial score (nSPS) is 15.5. The van der Waals surface area contributed by atoms with Crippen LogP contribution in [0.15, 0.2) is 16.6 Å². The highest BCUT2D eigenvalue weighted by Gasteiger charge is 2.17. The van der Waals surface area contributed by atoms with Crippen molar-refractivity contribution >= 4 is 27.5 Å². The third-order valence-electron chi connectivity index (χ3n) is 2.90. The number of benzene rings is 1. The predicted octanol–water partition coefficient (Wildman–Crippen LogP) is 3.35. The number of rotatable bonds is 5. The topological polar surface area (TPSA) is 21.3 Å². The monoisotopic (exact) mass is 317 g/mol. The van der Waals surface area contributed by atoms with Gasteiger partial charge < -0.3 is 10.1 Å². The van der Waals surface area contributed by atoms with Gasteiger partial charge in [-0.05, 0) is 30.2 Å². The Kier molecular flexibility index (Phi) is 4.71. The molecule has 1 atom stereocenters. The van der Waals surface area contributed by atoms with Crippen molar-refractivity contribution in [3.63, 3.8) is 0 Å². The largest absolute Gasteiger partial charge is 0.493 e. The van der Waals surface area contributed by atoms with Gasteiger partial charge in [-0.2, -0.15) is 0 Å². The molecule has 1 N–H and O–H groups in total. The fourth-order valence-electron chi connectivity index (χ4n) is 1.99. The highest BCUT2D eigenvalue weighted by Crippen LogP contribution is 2.32. The molecule has 2 rings (SSSR count). The van der Waals surface area contributed by atoms with Crippen LogP contribution in [0.2, 0.25) is 0 Å². The smallest absolute Gasteiger partial charge is 0.127 e. The molecule has 1 aromatic rings. The number of hydrogen-bond donors (Lipinski definition) is 1. The molecule has 17 heavy (non-hydrogen) atoms. The number of ether oxygens (including phenoxy) is 1. The van der Waals surface area contributed by atoms with E-state index in [1.807, 2.05) is 0 Å². The summed E-state index contributed by atoms with van der Waals surface area (Å²) in [5.74, 6) is 2.26. The second kappa shape index (κ2) is 6.07. The summed E-state index contributed by atoms with van der Waals surface area (Å²) in [5.41, 5.74) is 2.54. The number of fused-ring (bicyclic) bond motifs is 1. The minimum absolute atomic E-state index is 0.498. The van der Waals surface area contributed by atoms with Gasteiger partial charge in [0.2, 0.25) is 0 Å². The summed E-state index contributed by atoms with van der Waals surface area (Å²) in [6, 6.07) is 4.27. The first-order valence-corrected chi connectivity index (χ1v) is 7.24. The van der Waals surface area contributed by atoms with Gasteiger partial charge in [-0.15, -0.1) is 11.6 Å². The van der Waals surface area contributed by atoms with E-state index in [1.165, 1.54) is 11.1 Å². The number of halogens is 2. The summed E-state index contributed by atoms with van der Waals surface area (Å²) in [4.78, 5) is 0. The lowest BCUT2D eigenvalue weighted by Gasteiger charge is -2.12. The molecular weight excluding hydrogens is 302 g/mol. The second-order valence-electron chi connectivity index (χ2n) is 4.54. The van der Waals surface area contributed by atoms with E-state index in [-0.39, 0.29) is 0 Å². The quantitative estimate of drug-likeness (QED) is 0.841. The SMILES string of the molecule is CC(CCl)CNCc1cc(Br)cc2c1OCC2. The Labute approximate surface area is 116 Å². The molecule has 0 bridgehead atoms. The van der Waals surface area contributed by atoms with E-state index in [2.05, 4.69) is 40.3 Å². The van der Waals surface area contributed by atoms with E-state index in [9.17, 15) is 0 Å². The summed E-state index contributed by atoms with van der Waals surface area (Å²) in [6.07, 6.45) is 1.01. The Hall–Kier alpha value is -0.250. The Morgan fingerprint density at radius 1 is 1.53 bits per heavy atom. The van der Waals surface area contributed by atoms with Crippen molar-refractivity contribution in [1.82, 2.24) is 5.32 Å². The van der Waals surface area contributed by atoms with Crippen LogP contribution in [-0.2, 0) is 13.0 Å². The van der Waals surface area contributed by atoms with Crippen LogP contribution >= 0.6 is 27.5 Å². The molecule has 1 aromatic carbocycles. The number of nitrogens with one attached hydrogen (secondary N) is 1. The summed E-state index contributed by atoms with van der Waals surface area (Å²) < 4.78 is 6.81. The second-order valence-corrected chi connectivity index (χ2v) is 5.77. The summed E-state index contributed by atoms with van der Waals surface area (Å²) in [7, 11) is 0. The lowest BCUT2D eigenvalue weighted by Crippen LogP contribution is -2.21. The highest BCUT2D eigenvalue weighted by atomic mass is 79.9. The zero-order valence-electron chi connectivity index (χ0n) is 9.93. The standard InChI is InChI=1S/C13H17BrClNO/c1-9(6-15)7-16-8-11-5-12(14)4-10-2-3-17-13(10)11/h4-5,9,16H,2-3,6-8H2,1H3. The van der Waals surface area contributed by atoms with Gasteiger partial charge in [0.15, 0.2) is 0 Å². The van der Waals surface area contributed by atoms with E-state index < -0.39 is 0 Å². The zero-order chi connectivity index (χ0) is 12.3. The zero-order valence-corrected chi connectivity index (χ0v) is 12.3. The van der Waals surface area contributed by atoms with Gasteiger partial charge in [0.05, 0.1) is 6.61 Å². The number of hydrogen-bond acceptors (Lipinski definition) is 2. The Morgan fingerprint density at radius 2 is 2.35 bits per heavy atom. The molecule has 4 heteroatoms. The molecule has 0 fully saturated rings. The minimum Gasteiger partial charge on any atom is -0.493 e. The van der Waals surface area contributed by atoms with Crippen molar-refractivity contribution in [2.45, 2.75) is 19.9 Å². The van der Waals surface area contributed by atoms with Crippen molar-refractivity contribution in [2.24, 2.45) is 5.92 Å². The molecule has 0 aromatic heterocycles. The van der Waals surface area contributed by atoms with Gasteiger partial charge in [0.25, 0.3) is 0 Å².